The second-order valence-electron chi connectivity index (χ2n) is 10.3. The van der Waals surface area contributed by atoms with Gasteiger partial charge in [0.2, 0.25) is 0 Å². The molecule has 3 aromatic carbocycles. The maximum absolute atomic E-state index is 14.5. The molecule has 0 saturated heterocycles. The number of carbonyl (C=O) groups excluding carboxylic acids is 1. The van der Waals surface area contributed by atoms with Gasteiger partial charge in [-0.15, -0.1) is 0 Å². The van der Waals surface area contributed by atoms with Crippen LogP contribution in [-0.2, 0) is 27.4 Å². The fourth-order valence-corrected chi connectivity index (χ4v) is 6.45. The lowest BCUT2D eigenvalue weighted by atomic mass is 9.96. The standard InChI is InChI=1S/C29H27ClF4N2O4S/c1-17(26-23(30)8-5-9-24(26)31)12-18-10-11-19-14-21(35-27(37)28(2,3)38)16-36(25(19)13-18)41(39,40)22-7-4-6-20(15-22)29(32,33)34/h4-13,15,21,38H,14,16H2,1-3H3,(H,35,37). The van der Waals surface area contributed by atoms with Gasteiger partial charge in [0.25, 0.3) is 15.9 Å². The third-order valence-electron chi connectivity index (χ3n) is 6.61. The highest BCUT2D eigenvalue weighted by Gasteiger charge is 2.37. The van der Waals surface area contributed by atoms with Crippen molar-refractivity contribution in [3.8, 4) is 0 Å². The molecule has 0 bridgehead atoms. The number of allylic oxidation sites excluding steroid dienone is 1. The summed E-state index contributed by atoms with van der Waals surface area (Å²) < 4.78 is 83.3. The van der Waals surface area contributed by atoms with Crippen LogP contribution in [0.4, 0.5) is 23.2 Å². The van der Waals surface area contributed by atoms with Gasteiger partial charge in [0.05, 0.1) is 33.8 Å². The van der Waals surface area contributed by atoms with Crippen LogP contribution in [0.25, 0.3) is 11.6 Å². The molecule has 1 unspecified atom stereocenters. The molecule has 1 heterocycles. The van der Waals surface area contributed by atoms with Gasteiger partial charge in [-0.3, -0.25) is 9.10 Å². The second kappa shape index (κ2) is 11.1. The van der Waals surface area contributed by atoms with Crippen LogP contribution in [0.15, 0.2) is 65.6 Å². The van der Waals surface area contributed by atoms with Crippen LogP contribution in [-0.4, -0.2) is 37.6 Å². The molecule has 1 amide bonds. The lowest BCUT2D eigenvalue weighted by molar-refractivity contribution is -0.138. The Labute approximate surface area is 240 Å². The number of amides is 1. The fourth-order valence-electron chi connectivity index (χ4n) is 4.55. The summed E-state index contributed by atoms with van der Waals surface area (Å²) in [6, 6.07) is 11.7. The van der Waals surface area contributed by atoms with Crippen molar-refractivity contribution < 1.29 is 35.9 Å². The molecule has 2 N–H and O–H groups in total. The van der Waals surface area contributed by atoms with Crippen LogP contribution < -0.4 is 9.62 Å². The van der Waals surface area contributed by atoms with Crippen LogP contribution in [0.1, 0.15) is 43.0 Å². The van der Waals surface area contributed by atoms with Crippen molar-refractivity contribution in [3.05, 3.63) is 93.8 Å². The SMILES string of the molecule is CC(=Cc1ccc2c(c1)N(S(=O)(=O)c1cccc(C(F)(F)F)c1)CC(NC(=O)C(C)(C)O)C2)c1c(F)cccc1Cl. The number of anilines is 1. The molecule has 0 fully saturated rings. The number of hydrogen-bond donors (Lipinski definition) is 2. The van der Waals surface area contributed by atoms with E-state index >= 15 is 0 Å². The zero-order chi connectivity index (χ0) is 30.3. The Hall–Kier alpha value is -3.41. The number of sulfonamides is 1. The minimum absolute atomic E-state index is 0.176. The van der Waals surface area contributed by atoms with Gasteiger partial charge in [0.15, 0.2) is 0 Å². The predicted octanol–water partition coefficient (Wildman–Crippen LogP) is 6.07. The number of hydrogen-bond acceptors (Lipinski definition) is 4. The van der Waals surface area contributed by atoms with Gasteiger partial charge >= 0.3 is 6.18 Å². The molecular weight excluding hydrogens is 584 g/mol. The predicted molar refractivity (Wildman–Crippen MR) is 149 cm³/mol. The van der Waals surface area contributed by atoms with Gasteiger partial charge in [0, 0.05) is 5.56 Å². The highest BCUT2D eigenvalue weighted by molar-refractivity contribution is 7.92. The molecule has 0 spiro atoms. The number of nitrogens with one attached hydrogen (secondary N) is 1. The van der Waals surface area contributed by atoms with E-state index in [0.29, 0.717) is 22.8 Å². The monoisotopic (exact) mass is 610 g/mol. The lowest BCUT2D eigenvalue weighted by Crippen LogP contribution is -2.54. The van der Waals surface area contributed by atoms with E-state index in [0.717, 1.165) is 22.5 Å². The number of rotatable bonds is 6. The van der Waals surface area contributed by atoms with Gasteiger partial charge in [-0.25, -0.2) is 12.8 Å². The summed E-state index contributed by atoms with van der Waals surface area (Å²) >= 11 is 6.19. The van der Waals surface area contributed by atoms with Crippen molar-refractivity contribution in [3.63, 3.8) is 0 Å². The topological polar surface area (TPSA) is 86.7 Å². The average molecular weight is 611 g/mol. The molecule has 1 aliphatic heterocycles. The minimum atomic E-state index is -4.77. The van der Waals surface area contributed by atoms with E-state index in [1.807, 2.05) is 0 Å². The molecule has 6 nitrogen and oxygen atoms in total. The number of halogens is 5. The molecule has 3 aromatic rings. The van der Waals surface area contributed by atoms with Crippen molar-refractivity contribution in [2.75, 3.05) is 10.8 Å². The average Bonchev–Trinajstić information content (AvgIpc) is 2.87. The molecule has 0 aliphatic carbocycles. The summed E-state index contributed by atoms with van der Waals surface area (Å²) in [4.78, 5) is 11.9. The summed E-state index contributed by atoms with van der Waals surface area (Å²) in [5.74, 6) is -1.28. The van der Waals surface area contributed by atoms with Crippen LogP contribution >= 0.6 is 11.6 Å². The first-order valence-electron chi connectivity index (χ1n) is 12.5. The molecule has 4 rings (SSSR count). The van der Waals surface area contributed by atoms with E-state index in [1.165, 1.54) is 38.1 Å². The number of carbonyl (C=O) groups is 1. The van der Waals surface area contributed by atoms with Crippen molar-refractivity contribution in [2.24, 2.45) is 0 Å². The number of benzene rings is 3. The molecular formula is C29H27ClF4N2O4S. The summed E-state index contributed by atoms with van der Waals surface area (Å²) in [5, 5.41) is 12.9. The van der Waals surface area contributed by atoms with Crippen molar-refractivity contribution in [1.29, 1.82) is 0 Å². The van der Waals surface area contributed by atoms with Crippen LogP contribution in [0, 0.1) is 5.82 Å². The number of alkyl halides is 3. The van der Waals surface area contributed by atoms with Crippen molar-refractivity contribution in [2.45, 2.75) is 49.9 Å². The Kier molecular flexibility index (Phi) is 8.28. The fraction of sp³-hybridized carbons (Fsp3) is 0.276. The van der Waals surface area contributed by atoms with Gasteiger partial charge < -0.3 is 10.4 Å². The van der Waals surface area contributed by atoms with E-state index in [9.17, 15) is 35.9 Å². The van der Waals surface area contributed by atoms with E-state index < -0.39 is 50.0 Å². The van der Waals surface area contributed by atoms with E-state index in [4.69, 9.17) is 11.6 Å². The Morgan fingerprint density at radius 3 is 2.41 bits per heavy atom. The second-order valence-corrected chi connectivity index (χ2v) is 12.6. The van der Waals surface area contributed by atoms with Gasteiger partial charge in [-0.1, -0.05) is 41.9 Å². The zero-order valence-corrected chi connectivity index (χ0v) is 23.8. The van der Waals surface area contributed by atoms with E-state index in [2.05, 4.69) is 5.32 Å². The maximum atomic E-state index is 14.5. The molecule has 218 valence electrons. The van der Waals surface area contributed by atoms with Gasteiger partial charge in [-0.2, -0.15) is 13.2 Å². The smallest absolute Gasteiger partial charge is 0.381 e. The third kappa shape index (κ3) is 6.58. The lowest BCUT2D eigenvalue weighted by Gasteiger charge is -2.36. The number of aliphatic hydroxyl groups is 1. The van der Waals surface area contributed by atoms with E-state index in [1.54, 1.807) is 25.1 Å². The molecule has 0 aromatic heterocycles. The molecule has 1 aliphatic rings. The zero-order valence-electron chi connectivity index (χ0n) is 22.3. The van der Waals surface area contributed by atoms with Crippen molar-refractivity contribution in [1.82, 2.24) is 5.32 Å². The first kappa shape index (κ1) is 30.5. The van der Waals surface area contributed by atoms with Gasteiger partial charge in [-0.05, 0) is 80.3 Å². The van der Waals surface area contributed by atoms with Crippen LogP contribution in [0.2, 0.25) is 5.02 Å². The van der Waals surface area contributed by atoms with Crippen LogP contribution in [0.3, 0.4) is 0 Å². The quantitative estimate of drug-likeness (QED) is 0.262. The Balaban J connectivity index is 1.82. The maximum Gasteiger partial charge on any atom is 0.416 e. The summed E-state index contributed by atoms with van der Waals surface area (Å²) in [6.45, 7) is 3.89. The Morgan fingerprint density at radius 2 is 1.78 bits per heavy atom. The van der Waals surface area contributed by atoms with Crippen LogP contribution in [0.5, 0.6) is 0 Å². The number of fused-ring (bicyclic) bond motifs is 1. The molecule has 1 atom stereocenters. The molecule has 0 radical (unpaired) electrons. The highest BCUT2D eigenvalue weighted by Crippen LogP contribution is 2.37. The number of nitrogens with zero attached hydrogens (tertiary/aromatic N) is 1. The first-order valence-corrected chi connectivity index (χ1v) is 14.3. The Bertz CT molecular complexity index is 1610. The van der Waals surface area contributed by atoms with Gasteiger partial charge in [0.1, 0.15) is 11.4 Å². The summed E-state index contributed by atoms with van der Waals surface area (Å²) in [5.41, 5.74) is -1.06. The Morgan fingerprint density at radius 1 is 1.10 bits per heavy atom. The highest BCUT2D eigenvalue weighted by atomic mass is 35.5. The minimum Gasteiger partial charge on any atom is -0.381 e. The molecule has 0 saturated carbocycles. The summed E-state index contributed by atoms with van der Waals surface area (Å²) in [7, 11) is -4.56. The third-order valence-corrected chi connectivity index (χ3v) is 8.70. The van der Waals surface area contributed by atoms with Crippen molar-refractivity contribution >= 4 is 44.9 Å². The molecule has 12 heteroatoms. The molecule has 41 heavy (non-hydrogen) atoms. The normalized spacial score (nSPS) is 16.4. The first-order chi connectivity index (χ1) is 19.0. The largest absolute Gasteiger partial charge is 0.416 e. The van der Waals surface area contributed by atoms with E-state index in [-0.39, 0.29) is 29.2 Å². The summed E-state index contributed by atoms with van der Waals surface area (Å²) in [6.07, 6.45) is -2.96.